The zero-order valence-electron chi connectivity index (χ0n) is 18.2. The quantitative estimate of drug-likeness (QED) is 0.437. The highest BCUT2D eigenvalue weighted by Crippen LogP contribution is 2.28. The van der Waals surface area contributed by atoms with Crippen molar-refractivity contribution in [2.45, 2.75) is 32.4 Å². The van der Waals surface area contributed by atoms with Crippen LogP contribution >= 0.6 is 0 Å². The molecule has 34 heavy (non-hydrogen) atoms. The van der Waals surface area contributed by atoms with Gasteiger partial charge >= 0.3 is 6.36 Å². The largest absolute Gasteiger partial charge is 0.573 e. The number of pyridine rings is 1. The van der Waals surface area contributed by atoms with Crippen LogP contribution in [0.3, 0.4) is 0 Å². The molecule has 0 aliphatic rings. The molecular weight excluding hydrogens is 451 g/mol. The van der Waals surface area contributed by atoms with E-state index in [4.69, 9.17) is 4.42 Å². The molecule has 2 heterocycles. The van der Waals surface area contributed by atoms with Crippen LogP contribution in [0.25, 0.3) is 22.9 Å². The number of aromatic nitrogens is 3. The summed E-state index contributed by atoms with van der Waals surface area (Å²) < 4.78 is 48.0. The lowest BCUT2D eigenvalue weighted by atomic mass is 9.96. The van der Waals surface area contributed by atoms with E-state index in [0.29, 0.717) is 11.1 Å². The van der Waals surface area contributed by atoms with Gasteiger partial charge in [-0.25, -0.2) is 0 Å². The van der Waals surface area contributed by atoms with Gasteiger partial charge in [-0.2, -0.15) is 0 Å². The molecule has 0 radical (unpaired) electrons. The van der Waals surface area contributed by atoms with Crippen molar-refractivity contribution < 1.29 is 27.4 Å². The van der Waals surface area contributed by atoms with Crippen LogP contribution in [0.4, 0.5) is 13.2 Å². The molecule has 1 N–H and O–H groups in total. The first kappa shape index (κ1) is 23.2. The van der Waals surface area contributed by atoms with Gasteiger partial charge in [-0.1, -0.05) is 24.3 Å². The smallest absolute Gasteiger partial charge is 0.416 e. The topological polar surface area (TPSA) is 90.4 Å². The van der Waals surface area contributed by atoms with E-state index in [9.17, 15) is 23.1 Å². The predicted octanol–water partition coefficient (Wildman–Crippen LogP) is 4.74. The van der Waals surface area contributed by atoms with E-state index in [0.717, 1.165) is 23.3 Å². The van der Waals surface area contributed by atoms with Crippen LogP contribution < -0.4 is 10.3 Å². The summed E-state index contributed by atoms with van der Waals surface area (Å²) >= 11 is 0. The number of alkyl halides is 3. The van der Waals surface area contributed by atoms with E-state index in [2.05, 4.69) is 14.9 Å². The Bertz CT molecular complexity index is 1350. The summed E-state index contributed by atoms with van der Waals surface area (Å²) in [5.74, 6) is -0.120. The molecule has 4 rings (SSSR count). The predicted molar refractivity (Wildman–Crippen MR) is 117 cm³/mol. The third kappa shape index (κ3) is 5.52. The van der Waals surface area contributed by atoms with Crippen LogP contribution in [0.2, 0.25) is 0 Å². The SMILES string of the molecule is CC(C)(O)c1cccc(Cn2cc(-c3nnc(-c4ccc(OC(F)(F)F)cc4)o3)ccc2=O)c1. The number of halogens is 3. The average molecular weight is 471 g/mol. The summed E-state index contributed by atoms with van der Waals surface area (Å²) in [6.45, 7) is 3.63. The van der Waals surface area contributed by atoms with Gasteiger partial charge in [-0.05, 0) is 55.3 Å². The molecule has 0 spiro atoms. The maximum Gasteiger partial charge on any atom is 0.573 e. The molecule has 0 atom stereocenters. The highest BCUT2D eigenvalue weighted by atomic mass is 19.4. The van der Waals surface area contributed by atoms with Crippen molar-refractivity contribution in [2.75, 3.05) is 0 Å². The van der Waals surface area contributed by atoms with Crippen LogP contribution in [-0.2, 0) is 12.1 Å². The van der Waals surface area contributed by atoms with Gasteiger partial charge in [-0.15, -0.1) is 23.4 Å². The van der Waals surface area contributed by atoms with Gasteiger partial charge in [0.2, 0.25) is 11.8 Å². The molecule has 0 saturated carbocycles. The first-order valence-corrected chi connectivity index (χ1v) is 10.2. The fourth-order valence-electron chi connectivity index (χ4n) is 3.28. The van der Waals surface area contributed by atoms with Gasteiger partial charge in [-0.3, -0.25) is 4.79 Å². The standard InChI is InChI=1S/C24H20F3N3O4/c1-23(2,32)18-5-3-4-15(12-18)13-30-14-17(8-11-20(30)31)22-29-28-21(33-22)16-6-9-19(10-7-16)34-24(25,26)27/h3-12,14,32H,13H2,1-2H3. The van der Waals surface area contributed by atoms with Crippen LogP contribution in [0.5, 0.6) is 5.75 Å². The molecule has 10 heteroatoms. The van der Waals surface area contributed by atoms with Crippen molar-refractivity contribution in [3.8, 4) is 28.7 Å². The lowest BCUT2D eigenvalue weighted by Crippen LogP contribution is -2.20. The normalized spacial score (nSPS) is 12.1. The summed E-state index contributed by atoms with van der Waals surface area (Å²) in [5.41, 5.74) is 1.20. The zero-order chi connectivity index (χ0) is 24.5. The molecule has 0 amide bonds. The molecule has 0 bridgehead atoms. The van der Waals surface area contributed by atoms with Crippen molar-refractivity contribution in [1.82, 2.24) is 14.8 Å². The Morgan fingerprint density at radius 2 is 1.62 bits per heavy atom. The Balaban J connectivity index is 1.57. The molecule has 0 aliphatic carbocycles. The van der Waals surface area contributed by atoms with Gasteiger partial charge in [0.1, 0.15) is 5.75 Å². The van der Waals surface area contributed by atoms with E-state index >= 15 is 0 Å². The minimum absolute atomic E-state index is 0.101. The molecule has 176 valence electrons. The van der Waals surface area contributed by atoms with Gasteiger partial charge < -0.3 is 18.8 Å². The number of ether oxygens (including phenoxy) is 1. The van der Waals surface area contributed by atoms with Gasteiger partial charge in [0, 0.05) is 17.8 Å². The molecular formula is C24H20F3N3O4. The zero-order valence-corrected chi connectivity index (χ0v) is 18.2. The minimum atomic E-state index is -4.78. The van der Waals surface area contributed by atoms with Crippen molar-refractivity contribution in [3.05, 3.63) is 88.3 Å². The Kier molecular flexibility index (Phi) is 6.01. The summed E-state index contributed by atoms with van der Waals surface area (Å²) in [5, 5.41) is 18.2. The maximum atomic E-state index is 12.4. The second-order valence-electron chi connectivity index (χ2n) is 8.13. The molecule has 7 nitrogen and oxygen atoms in total. The summed E-state index contributed by atoms with van der Waals surface area (Å²) in [6, 6.07) is 15.3. The molecule has 0 aliphatic heterocycles. The summed E-state index contributed by atoms with van der Waals surface area (Å²) in [6.07, 6.45) is -3.20. The van der Waals surface area contributed by atoms with Crippen molar-refractivity contribution >= 4 is 0 Å². The summed E-state index contributed by atoms with van der Waals surface area (Å²) in [7, 11) is 0. The fourth-order valence-corrected chi connectivity index (χ4v) is 3.28. The lowest BCUT2D eigenvalue weighted by Gasteiger charge is -2.18. The number of rotatable bonds is 6. The number of hydrogen-bond acceptors (Lipinski definition) is 6. The van der Waals surface area contributed by atoms with Gasteiger partial charge in [0.05, 0.1) is 17.7 Å². The molecule has 0 fully saturated rings. The van der Waals surface area contributed by atoms with Crippen molar-refractivity contribution in [2.24, 2.45) is 0 Å². The minimum Gasteiger partial charge on any atom is -0.416 e. The molecule has 0 saturated heterocycles. The van der Waals surface area contributed by atoms with Gasteiger partial charge in [0.25, 0.3) is 5.56 Å². The highest BCUT2D eigenvalue weighted by Gasteiger charge is 2.31. The highest BCUT2D eigenvalue weighted by molar-refractivity contribution is 5.58. The first-order valence-electron chi connectivity index (χ1n) is 10.2. The molecule has 0 unspecified atom stereocenters. The van der Waals surface area contributed by atoms with Crippen LogP contribution in [0.15, 0.2) is 76.1 Å². The lowest BCUT2D eigenvalue weighted by molar-refractivity contribution is -0.274. The Hall–Kier alpha value is -3.92. The number of nitrogens with zero attached hydrogens (tertiary/aromatic N) is 3. The fraction of sp³-hybridized carbons (Fsp3) is 0.208. The van der Waals surface area contributed by atoms with Crippen LogP contribution in [0, 0.1) is 0 Å². The third-order valence-corrected chi connectivity index (χ3v) is 4.98. The van der Waals surface area contributed by atoms with Crippen molar-refractivity contribution in [3.63, 3.8) is 0 Å². The maximum absolute atomic E-state index is 12.4. The molecule has 4 aromatic rings. The van der Waals surface area contributed by atoms with E-state index in [1.54, 1.807) is 26.1 Å². The Morgan fingerprint density at radius 3 is 2.26 bits per heavy atom. The Labute approximate surface area is 192 Å². The second kappa shape index (κ2) is 8.79. The van der Waals surface area contributed by atoms with E-state index < -0.39 is 12.0 Å². The second-order valence-corrected chi connectivity index (χ2v) is 8.13. The Morgan fingerprint density at radius 1 is 0.971 bits per heavy atom. The monoisotopic (exact) mass is 471 g/mol. The number of benzene rings is 2. The van der Waals surface area contributed by atoms with Crippen LogP contribution in [-0.4, -0.2) is 26.2 Å². The van der Waals surface area contributed by atoms with Gasteiger partial charge in [0.15, 0.2) is 0 Å². The van der Waals surface area contributed by atoms with E-state index in [1.165, 1.54) is 22.8 Å². The molecule has 2 aromatic carbocycles. The molecule has 2 aromatic heterocycles. The third-order valence-electron chi connectivity index (χ3n) is 4.98. The first-order chi connectivity index (χ1) is 16.0. The number of aliphatic hydroxyl groups is 1. The number of hydrogen-bond donors (Lipinski definition) is 1. The van der Waals surface area contributed by atoms with E-state index in [-0.39, 0.29) is 29.6 Å². The summed E-state index contributed by atoms with van der Waals surface area (Å²) in [4.78, 5) is 12.4. The van der Waals surface area contributed by atoms with Crippen molar-refractivity contribution in [1.29, 1.82) is 0 Å². The average Bonchev–Trinajstić information content (AvgIpc) is 3.25. The van der Waals surface area contributed by atoms with Crippen LogP contribution in [0.1, 0.15) is 25.0 Å². The van der Waals surface area contributed by atoms with E-state index in [1.807, 2.05) is 24.3 Å².